The average molecular weight is 347 g/mol. The second-order valence-corrected chi connectivity index (χ2v) is 6.98. The highest BCUT2D eigenvalue weighted by Crippen LogP contribution is 2.31. The van der Waals surface area contributed by atoms with E-state index in [1.54, 1.807) is 18.0 Å². The second kappa shape index (κ2) is 7.84. The van der Waals surface area contributed by atoms with Gasteiger partial charge in [0.1, 0.15) is 0 Å². The quantitative estimate of drug-likeness (QED) is 0.807. The number of amides is 1. The van der Waals surface area contributed by atoms with Gasteiger partial charge in [0.25, 0.3) is 0 Å². The van der Waals surface area contributed by atoms with E-state index in [-0.39, 0.29) is 11.9 Å². The first-order chi connectivity index (χ1) is 11.3. The zero-order valence-electron chi connectivity index (χ0n) is 12.8. The van der Waals surface area contributed by atoms with Crippen molar-refractivity contribution >= 4 is 29.3 Å². The van der Waals surface area contributed by atoms with E-state index in [0.29, 0.717) is 5.75 Å². The van der Waals surface area contributed by atoms with Crippen LogP contribution in [0.5, 0.6) is 0 Å². The fourth-order valence-electron chi connectivity index (χ4n) is 2.89. The molecule has 1 atom stereocenters. The first-order valence-corrected chi connectivity index (χ1v) is 9.30. The van der Waals surface area contributed by atoms with Gasteiger partial charge in [0.2, 0.25) is 5.91 Å². The normalized spacial score (nSPS) is 17.4. The molecule has 0 spiro atoms. The molecule has 1 aromatic carbocycles. The molecule has 23 heavy (non-hydrogen) atoms. The molecule has 3 nitrogen and oxygen atoms in total. The third kappa shape index (κ3) is 4.06. The molecule has 2 aromatic rings. The van der Waals surface area contributed by atoms with Gasteiger partial charge < -0.3 is 4.90 Å². The van der Waals surface area contributed by atoms with Crippen LogP contribution in [-0.2, 0) is 10.5 Å². The standard InChI is InChI=1S/C18H19ClN2OS/c19-15-7-2-1-6-14(15)12-23-13-18(22)21-11-5-9-17(21)16-8-3-4-10-20-16/h1-4,6-8,10,17H,5,9,11-13H2/t17-/m1/s1. The minimum absolute atomic E-state index is 0.129. The van der Waals surface area contributed by atoms with Gasteiger partial charge in [-0.05, 0) is 36.6 Å². The maximum absolute atomic E-state index is 12.5. The smallest absolute Gasteiger partial charge is 0.233 e. The number of rotatable bonds is 5. The van der Waals surface area contributed by atoms with Crippen LogP contribution in [0.15, 0.2) is 48.7 Å². The Labute approximate surface area is 146 Å². The highest BCUT2D eigenvalue weighted by molar-refractivity contribution is 7.99. The Kier molecular flexibility index (Phi) is 5.57. The van der Waals surface area contributed by atoms with E-state index in [0.717, 1.165) is 41.4 Å². The molecule has 0 bridgehead atoms. The Bertz CT molecular complexity index is 665. The van der Waals surface area contributed by atoms with Crippen LogP contribution in [-0.4, -0.2) is 28.1 Å². The molecule has 3 rings (SSSR count). The van der Waals surface area contributed by atoms with Crippen molar-refractivity contribution in [1.29, 1.82) is 0 Å². The van der Waals surface area contributed by atoms with Gasteiger partial charge in [0.15, 0.2) is 0 Å². The van der Waals surface area contributed by atoms with E-state index in [9.17, 15) is 4.79 Å². The molecule has 120 valence electrons. The molecule has 1 saturated heterocycles. The summed E-state index contributed by atoms with van der Waals surface area (Å²) in [6.07, 6.45) is 3.84. The lowest BCUT2D eigenvalue weighted by atomic mass is 10.1. The molecule has 1 aliphatic heterocycles. The summed E-state index contributed by atoms with van der Waals surface area (Å²) < 4.78 is 0. The molecule has 0 saturated carbocycles. The number of halogens is 1. The van der Waals surface area contributed by atoms with Crippen LogP contribution in [0, 0.1) is 0 Å². The number of likely N-dealkylation sites (tertiary alicyclic amines) is 1. The van der Waals surface area contributed by atoms with E-state index in [1.807, 2.05) is 47.4 Å². The van der Waals surface area contributed by atoms with Crippen LogP contribution in [0.4, 0.5) is 0 Å². The van der Waals surface area contributed by atoms with Crippen molar-refractivity contribution in [2.45, 2.75) is 24.6 Å². The molecular formula is C18H19ClN2OS. The number of thioether (sulfide) groups is 1. The highest BCUT2D eigenvalue weighted by Gasteiger charge is 2.30. The van der Waals surface area contributed by atoms with E-state index in [2.05, 4.69) is 4.98 Å². The predicted octanol–water partition coefficient (Wildman–Crippen LogP) is 4.33. The Morgan fingerprint density at radius 1 is 1.26 bits per heavy atom. The molecule has 0 radical (unpaired) electrons. The van der Waals surface area contributed by atoms with Gasteiger partial charge >= 0.3 is 0 Å². The van der Waals surface area contributed by atoms with Crippen molar-refractivity contribution in [2.24, 2.45) is 0 Å². The average Bonchev–Trinajstić information content (AvgIpc) is 3.07. The van der Waals surface area contributed by atoms with Crippen LogP contribution >= 0.6 is 23.4 Å². The van der Waals surface area contributed by atoms with Crippen LogP contribution in [0.2, 0.25) is 5.02 Å². The molecule has 2 heterocycles. The van der Waals surface area contributed by atoms with Crippen LogP contribution in [0.1, 0.15) is 30.1 Å². The second-order valence-electron chi connectivity index (χ2n) is 5.58. The van der Waals surface area contributed by atoms with Crippen molar-refractivity contribution < 1.29 is 4.79 Å². The molecule has 1 amide bonds. The minimum atomic E-state index is 0.129. The number of hydrogen-bond acceptors (Lipinski definition) is 3. The highest BCUT2D eigenvalue weighted by atomic mass is 35.5. The van der Waals surface area contributed by atoms with E-state index in [1.165, 1.54) is 0 Å². The maximum Gasteiger partial charge on any atom is 0.233 e. The van der Waals surface area contributed by atoms with Gasteiger partial charge in [-0.2, -0.15) is 0 Å². The lowest BCUT2D eigenvalue weighted by Crippen LogP contribution is -2.32. The Morgan fingerprint density at radius 3 is 2.87 bits per heavy atom. The molecule has 1 fully saturated rings. The number of carbonyl (C=O) groups is 1. The van der Waals surface area contributed by atoms with Crippen molar-refractivity contribution in [1.82, 2.24) is 9.88 Å². The Balaban J connectivity index is 1.56. The molecule has 0 unspecified atom stereocenters. The Morgan fingerprint density at radius 2 is 2.09 bits per heavy atom. The molecule has 1 aliphatic rings. The lowest BCUT2D eigenvalue weighted by molar-refractivity contribution is -0.129. The van der Waals surface area contributed by atoms with E-state index >= 15 is 0 Å². The molecule has 5 heteroatoms. The maximum atomic E-state index is 12.5. The van der Waals surface area contributed by atoms with Crippen LogP contribution in [0.25, 0.3) is 0 Å². The summed E-state index contributed by atoms with van der Waals surface area (Å²) in [6, 6.07) is 13.8. The van der Waals surface area contributed by atoms with E-state index < -0.39 is 0 Å². The van der Waals surface area contributed by atoms with Gasteiger partial charge in [-0.15, -0.1) is 11.8 Å². The summed E-state index contributed by atoms with van der Waals surface area (Å²) in [6.45, 7) is 0.826. The summed E-state index contributed by atoms with van der Waals surface area (Å²) in [7, 11) is 0. The first-order valence-electron chi connectivity index (χ1n) is 7.77. The Hall–Kier alpha value is -1.52. The van der Waals surface area contributed by atoms with E-state index in [4.69, 9.17) is 11.6 Å². The van der Waals surface area contributed by atoms with Gasteiger partial charge in [-0.25, -0.2) is 0 Å². The fourth-order valence-corrected chi connectivity index (χ4v) is 4.09. The van der Waals surface area contributed by atoms with Crippen LogP contribution in [0.3, 0.4) is 0 Å². The topological polar surface area (TPSA) is 33.2 Å². The SMILES string of the molecule is O=C(CSCc1ccccc1Cl)N1CCC[C@@H]1c1ccccn1. The fraction of sp³-hybridized carbons (Fsp3) is 0.333. The zero-order valence-corrected chi connectivity index (χ0v) is 14.4. The summed E-state index contributed by atoms with van der Waals surface area (Å²) >= 11 is 7.77. The molecule has 0 N–H and O–H groups in total. The number of pyridine rings is 1. The van der Waals surface area contributed by atoms with Gasteiger partial charge in [-0.3, -0.25) is 9.78 Å². The van der Waals surface area contributed by atoms with Gasteiger partial charge in [-0.1, -0.05) is 35.9 Å². The molecule has 1 aromatic heterocycles. The number of hydrogen-bond donors (Lipinski definition) is 0. The largest absolute Gasteiger partial charge is 0.333 e. The van der Waals surface area contributed by atoms with Crippen molar-refractivity contribution in [3.05, 3.63) is 64.9 Å². The molecular weight excluding hydrogens is 328 g/mol. The summed E-state index contributed by atoms with van der Waals surface area (Å²) in [5.74, 6) is 1.43. The number of benzene rings is 1. The van der Waals surface area contributed by atoms with Gasteiger partial charge in [0, 0.05) is 23.5 Å². The first kappa shape index (κ1) is 16.3. The summed E-state index contributed by atoms with van der Waals surface area (Å²) in [5, 5.41) is 0.764. The number of aromatic nitrogens is 1. The lowest BCUT2D eigenvalue weighted by Gasteiger charge is -2.24. The molecule has 0 aliphatic carbocycles. The summed E-state index contributed by atoms with van der Waals surface area (Å²) in [5.41, 5.74) is 2.07. The monoisotopic (exact) mass is 346 g/mol. The zero-order chi connectivity index (χ0) is 16.1. The predicted molar refractivity (Wildman–Crippen MR) is 95.5 cm³/mol. The third-order valence-corrected chi connectivity index (χ3v) is 5.38. The van der Waals surface area contributed by atoms with Crippen molar-refractivity contribution in [3.63, 3.8) is 0 Å². The van der Waals surface area contributed by atoms with Crippen LogP contribution < -0.4 is 0 Å². The number of nitrogens with zero attached hydrogens (tertiary/aromatic N) is 2. The van der Waals surface area contributed by atoms with Crippen molar-refractivity contribution in [3.8, 4) is 0 Å². The van der Waals surface area contributed by atoms with Crippen molar-refractivity contribution in [2.75, 3.05) is 12.3 Å². The summed E-state index contributed by atoms with van der Waals surface area (Å²) in [4.78, 5) is 18.9. The van der Waals surface area contributed by atoms with Gasteiger partial charge in [0.05, 0.1) is 17.5 Å². The third-order valence-electron chi connectivity index (χ3n) is 4.04. The minimum Gasteiger partial charge on any atom is -0.333 e. The number of carbonyl (C=O) groups excluding carboxylic acids is 1.